The van der Waals surface area contributed by atoms with Crippen LogP contribution < -0.4 is 0 Å². The van der Waals surface area contributed by atoms with Gasteiger partial charge in [0.05, 0.1) is 32.0 Å². The van der Waals surface area contributed by atoms with Gasteiger partial charge in [-0.1, -0.05) is 34.6 Å². The summed E-state index contributed by atoms with van der Waals surface area (Å²) in [7, 11) is -1.76. The molecule has 0 bridgehead atoms. The van der Waals surface area contributed by atoms with Gasteiger partial charge in [0.1, 0.15) is 0 Å². The van der Waals surface area contributed by atoms with Crippen LogP contribution in [-0.2, 0) is 4.43 Å². The van der Waals surface area contributed by atoms with Crippen LogP contribution in [0.25, 0.3) is 0 Å². The quantitative estimate of drug-likeness (QED) is 0.320. The fraction of sp³-hybridized carbons (Fsp3) is 1.00. The first-order chi connectivity index (χ1) is 11.9. The number of hydrogen-bond acceptors (Lipinski definition) is 7. The molecule has 26 heavy (non-hydrogen) atoms. The molecule has 2 unspecified atom stereocenters. The largest absolute Gasteiger partial charge is 0.414 e. The molecule has 0 aromatic heterocycles. The summed E-state index contributed by atoms with van der Waals surface area (Å²) >= 11 is 0. The standard InChI is InChI=1S/C9H22O3Si.C5H12O2.C4H10O2/c1-9(2,3)13(4,5)12-7-8(11)6-10;1-2-5(3-6)4-7;1-2-4(6)3-5/h8,10-11H,6-7H2,1-5H3;5-7H,2-4H2,1H3;4-6H,2-3H2,1H3. The van der Waals surface area contributed by atoms with Crippen molar-refractivity contribution in [3.05, 3.63) is 0 Å². The molecule has 0 radical (unpaired) electrons. The molecular formula is C18H44O7Si. The predicted molar refractivity (Wildman–Crippen MR) is 108 cm³/mol. The lowest BCUT2D eigenvalue weighted by Gasteiger charge is -2.36. The third-order valence-electron chi connectivity index (χ3n) is 4.43. The first-order valence-corrected chi connectivity index (χ1v) is 12.2. The van der Waals surface area contributed by atoms with Crippen LogP contribution in [0.15, 0.2) is 0 Å². The van der Waals surface area contributed by atoms with Crippen molar-refractivity contribution in [3.63, 3.8) is 0 Å². The summed E-state index contributed by atoms with van der Waals surface area (Å²) in [6, 6.07) is 0. The van der Waals surface area contributed by atoms with Crippen molar-refractivity contribution in [3.8, 4) is 0 Å². The van der Waals surface area contributed by atoms with Gasteiger partial charge in [0, 0.05) is 19.1 Å². The van der Waals surface area contributed by atoms with E-state index in [4.69, 9.17) is 35.1 Å². The Bertz CT molecular complexity index is 282. The van der Waals surface area contributed by atoms with Gasteiger partial charge in [0.25, 0.3) is 0 Å². The lowest BCUT2D eigenvalue weighted by molar-refractivity contribution is 0.0489. The van der Waals surface area contributed by atoms with E-state index < -0.39 is 20.5 Å². The summed E-state index contributed by atoms with van der Waals surface area (Å²) in [6.07, 6.45) is 0.239. The van der Waals surface area contributed by atoms with Crippen LogP contribution in [0.1, 0.15) is 47.5 Å². The third-order valence-corrected chi connectivity index (χ3v) is 8.93. The zero-order valence-corrected chi connectivity index (χ0v) is 18.8. The maximum Gasteiger partial charge on any atom is 0.192 e. The van der Waals surface area contributed by atoms with Crippen LogP contribution >= 0.6 is 0 Å². The Hall–Kier alpha value is -0.0631. The van der Waals surface area contributed by atoms with Crippen LogP contribution in [0.2, 0.25) is 18.1 Å². The van der Waals surface area contributed by atoms with E-state index in [0.29, 0.717) is 6.42 Å². The van der Waals surface area contributed by atoms with Crippen molar-refractivity contribution in [1.82, 2.24) is 0 Å². The van der Waals surface area contributed by atoms with Crippen molar-refractivity contribution in [2.24, 2.45) is 5.92 Å². The second-order valence-electron chi connectivity index (χ2n) is 7.79. The number of hydrogen-bond donors (Lipinski definition) is 6. The molecule has 6 N–H and O–H groups in total. The van der Waals surface area contributed by atoms with Gasteiger partial charge in [-0.25, -0.2) is 0 Å². The highest BCUT2D eigenvalue weighted by atomic mass is 28.4. The van der Waals surface area contributed by atoms with Gasteiger partial charge in [-0.05, 0) is 31.0 Å². The van der Waals surface area contributed by atoms with Crippen molar-refractivity contribution in [2.45, 2.75) is 77.8 Å². The van der Waals surface area contributed by atoms with E-state index in [1.165, 1.54) is 0 Å². The van der Waals surface area contributed by atoms with Crippen LogP contribution in [0.5, 0.6) is 0 Å². The minimum Gasteiger partial charge on any atom is -0.414 e. The monoisotopic (exact) mass is 400 g/mol. The Morgan fingerprint density at radius 1 is 0.769 bits per heavy atom. The van der Waals surface area contributed by atoms with E-state index in [-0.39, 0.29) is 44.0 Å². The zero-order chi connectivity index (χ0) is 21.4. The van der Waals surface area contributed by atoms with E-state index >= 15 is 0 Å². The summed E-state index contributed by atoms with van der Waals surface area (Å²) in [5, 5.41) is 51.1. The van der Waals surface area contributed by atoms with E-state index in [0.717, 1.165) is 6.42 Å². The van der Waals surface area contributed by atoms with Gasteiger partial charge in [0.2, 0.25) is 0 Å². The third kappa shape index (κ3) is 17.4. The molecule has 0 fully saturated rings. The Morgan fingerprint density at radius 3 is 1.35 bits per heavy atom. The maximum atomic E-state index is 9.13. The summed E-state index contributed by atoms with van der Waals surface area (Å²) in [4.78, 5) is 0. The fourth-order valence-electron chi connectivity index (χ4n) is 1.02. The van der Waals surface area contributed by atoms with Gasteiger partial charge in [-0.2, -0.15) is 0 Å². The topological polar surface area (TPSA) is 131 Å². The predicted octanol–water partition coefficient (Wildman–Crippen LogP) is 1.11. The lowest BCUT2D eigenvalue weighted by atomic mass is 10.1. The molecule has 0 saturated heterocycles. The second-order valence-corrected chi connectivity index (χ2v) is 12.6. The van der Waals surface area contributed by atoms with Crippen LogP contribution in [0.3, 0.4) is 0 Å². The van der Waals surface area contributed by atoms with Gasteiger partial charge in [-0.3, -0.25) is 0 Å². The molecule has 0 aliphatic rings. The van der Waals surface area contributed by atoms with Crippen LogP contribution in [0, 0.1) is 5.92 Å². The van der Waals surface area contributed by atoms with Crippen molar-refractivity contribution in [1.29, 1.82) is 0 Å². The van der Waals surface area contributed by atoms with Crippen molar-refractivity contribution >= 4 is 8.32 Å². The highest BCUT2D eigenvalue weighted by Crippen LogP contribution is 2.36. The Labute approximate surface area is 160 Å². The fourth-order valence-corrected chi connectivity index (χ4v) is 2.06. The molecule has 8 heteroatoms. The zero-order valence-electron chi connectivity index (χ0n) is 17.8. The average molecular weight is 401 g/mol. The SMILES string of the molecule is CC(C)(C)[Si](C)(C)OCC(O)CO.CCC(CO)CO.CCC(O)CO. The average Bonchev–Trinajstić information content (AvgIpc) is 2.60. The van der Waals surface area contributed by atoms with Crippen molar-refractivity contribution in [2.75, 3.05) is 33.0 Å². The molecule has 0 aromatic carbocycles. The lowest BCUT2D eigenvalue weighted by Crippen LogP contribution is -2.43. The highest BCUT2D eigenvalue weighted by molar-refractivity contribution is 6.74. The molecule has 2 atom stereocenters. The summed E-state index contributed by atoms with van der Waals surface area (Å²) in [5.74, 6) is 0.0972. The molecule has 0 saturated carbocycles. The molecule has 0 aliphatic carbocycles. The smallest absolute Gasteiger partial charge is 0.192 e. The second kappa shape index (κ2) is 17.1. The Kier molecular flexibility index (Phi) is 20.1. The molecule has 0 amide bonds. The molecule has 0 aromatic rings. The molecular weight excluding hydrogens is 356 g/mol. The van der Waals surface area contributed by atoms with E-state index in [2.05, 4.69) is 33.9 Å². The van der Waals surface area contributed by atoms with E-state index in [9.17, 15) is 0 Å². The van der Waals surface area contributed by atoms with E-state index in [1.807, 2.05) is 13.8 Å². The molecule has 162 valence electrons. The normalized spacial score (nSPS) is 14.1. The number of aliphatic hydroxyl groups is 6. The molecule has 7 nitrogen and oxygen atoms in total. The minimum atomic E-state index is -1.76. The van der Waals surface area contributed by atoms with Gasteiger partial charge < -0.3 is 35.1 Å². The van der Waals surface area contributed by atoms with Crippen LogP contribution in [-0.4, -0.2) is 84.2 Å². The van der Waals surface area contributed by atoms with Gasteiger partial charge >= 0.3 is 0 Å². The molecule has 0 heterocycles. The number of aliphatic hydroxyl groups excluding tert-OH is 6. The summed E-state index contributed by atoms with van der Waals surface area (Å²) < 4.78 is 5.68. The minimum absolute atomic E-state index is 0.0972. The van der Waals surface area contributed by atoms with Crippen LogP contribution in [0.4, 0.5) is 0 Å². The Morgan fingerprint density at radius 2 is 1.19 bits per heavy atom. The highest BCUT2D eigenvalue weighted by Gasteiger charge is 2.37. The van der Waals surface area contributed by atoms with Gasteiger partial charge in [-0.15, -0.1) is 0 Å². The molecule has 0 aliphatic heterocycles. The van der Waals surface area contributed by atoms with Gasteiger partial charge in [0.15, 0.2) is 8.32 Å². The van der Waals surface area contributed by atoms with Crippen molar-refractivity contribution < 1.29 is 35.1 Å². The number of rotatable bonds is 9. The molecule has 0 rings (SSSR count). The first kappa shape index (κ1) is 30.7. The summed E-state index contributed by atoms with van der Waals surface area (Å²) in [5.41, 5.74) is 0. The molecule has 0 spiro atoms. The maximum absolute atomic E-state index is 9.13. The Balaban J connectivity index is -0.000000342. The van der Waals surface area contributed by atoms with E-state index in [1.54, 1.807) is 0 Å². The summed E-state index contributed by atoms with van der Waals surface area (Å²) in [6.45, 7) is 14.5. The first-order valence-electron chi connectivity index (χ1n) is 9.30.